The van der Waals surface area contributed by atoms with Crippen molar-refractivity contribution in [1.82, 2.24) is 5.32 Å². The number of carboxylic acid groups (broad SMARTS) is 1. The van der Waals surface area contributed by atoms with Crippen LogP contribution in [0.15, 0.2) is 30.3 Å². The van der Waals surface area contributed by atoms with Gasteiger partial charge in [0.1, 0.15) is 6.04 Å². The van der Waals surface area contributed by atoms with Gasteiger partial charge in [0.25, 0.3) is 0 Å². The molecule has 0 heterocycles. The maximum absolute atomic E-state index is 12.0. The number of carbonyl (C=O) groups is 2. The second kappa shape index (κ2) is 8.12. The number of hydrogen-bond donors (Lipinski definition) is 4. The fourth-order valence-corrected chi connectivity index (χ4v) is 2.16. The highest BCUT2D eigenvalue weighted by atomic mass is 32.1. The van der Waals surface area contributed by atoms with Gasteiger partial charge in [-0.25, -0.2) is 4.79 Å². The van der Waals surface area contributed by atoms with E-state index in [9.17, 15) is 9.59 Å². The lowest BCUT2D eigenvalue weighted by Gasteiger charge is -2.18. The third-order valence-corrected chi connectivity index (χ3v) is 3.52. The van der Waals surface area contributed by atoms with Crippen molar-refractivity contribution in [1.29, 1.82) is 0 Å². The summed E-state index contributed by atoms with van der Waals surface area (Å²) in [5, 5.41) is 11.4. The lowest BCUT2D eigenvalue weighted by atomic mass is 10.00. The summed E-state index contributed by atoms with van der Waals surface area (Å²) in [6.07, 6.45) is 0.537. The topological polar surface area (TPSA) is 66.4 Å². The van der Waals surface area contributed by atoms with Crippen molar-refractivity contribution in [2.75, 3.05) is 11.5 Å². The lowest BCUT2D eigenvalue weighted by Crippen LogP contribution is -2.45. The molecule has 0 saturated heterocycles. The Bertz CT molecular complexity index is 425. The Morgan fingerprint density at radius 3 is 2.26 bits per heavy atom. The van der Waals surface area contributed by atoms with Crippen LogP contribution in [0.5, 0.6) is 0 Å². The van der Waals surface area contributed by atoms with Crippen molar-refractivity contribution in [3.05, 3.63) is 35.9 Å². The van der Waals surface area contributed by atoms with Crippen LogP contribution in [-0.2, 0) is 16.0 Å². The molecule has 2 atom stereocenters. The fourth-order valence-electron chi connectivity index (χ4n) is 1.61. The highest BCUT2D eigenvalue weighted by Crippen LogP contribution is 2.11. The standard InChI is InChI=1S/C13H17NO3S2/c15-12(14-11(8-19)13(16)17)10(7-18)6-9-4-2-1-3-5-9/h1-5,10-11,18-19H,6-8H2,(H,14,15)(H,16,17)/t10?,11-/m0/s1. The second-order valence-electron chi connectivity index (χ2n) is 4.15. The normalized spacial score (nSPS) is 13.6. The van der Waals surface area contributed by atoms with Gasteiger partial charge < -0.3 is 10.4 Å². The van der Waals surface area contributed by atoms with Crippen LogP contribution in [0.25, 0.3) is 0 Å². The Kier molecular flexibility index (Phi) is 6.80. The first-order chi connectivity index (χ1) is 9.08. The summed E-state index contributed by atoms with van der Waals surface area (Å²) in [4.78, 5) is 22.8. The van der Waals surface area contributed by atoms with E-state index >= 15 is 0 Å². The minimum Gasteiger partial charge on any atom is -0.480 e. The molecule has 0 aliphatic heterocycles. The van der Waals surface area contributed by atoms with Gasteiger partial charge in [-0.2, -0.15) is 25.3 Å². The van der Waals surface area contributed by atoms with Gasteiger partial charge in [0, 0.05) is 11.5 Å². The molecule has 0 radical (unpaired) electrons. The van der Waals surface area contributed by atoms with Gasteiger partial charge >= 0.3 is 5.97 Å². The zero-order chi connectivity index (χ0) is 14.3. The Balaban J connectivity index is 2.64. The Labute approximate surface area is 123 Å². The monoisotopic (exact) mass is 299 g/mol. The summed E-state index contributed by atoms with van der Waals surface area (Å²) >= 11 is 8.07. The van der Waals surface area contributed by atoms with Crippen LogP contribution < -0.4 is 5.32 Å². The first kappa shape index (κ1) is 15.9. The number of thiol groups is 2. The summed E-state index contributed by atoms with van der Waals surface area (Å²) in [7, 11) is 0. The molecular formula is C13H17NO3S2. The average molecular weight is 299 g/mol. The van der Waals surface area contributed by atoms with E-state index in [4.69, 9.17) is 5.11 Å². The molecule has 6 heteroatoms. The molecular weight excluding hydrogens is 282 g/mol. The molecule has 0 aliphatic carbocycles. The van der Waals surface area contributed by atoms with Crippen LogP contribution in [0.3, 0.4) is 0 Å². The minimum absolute atomic E-state index is 0.0612. The van der Waals surface area contributed by atoms with Gasteiger partial charge in [0.2, 0.25) is 5.91 Å². The van der Waals surface area contributed by atoms with Crippen molar-refractivity contribution >= 4 is 37.1 Å². The summed E-state index contributed by atoms with van der Waals surface area (Å²) in [6, 6.07) is 8.59. The predicted octanol–water partition coefficient (Wildman–Crippen LogP) is 1.27. The van der Waals surface area contributed by atoms with E-state index in [1.807, 2.05) is 30.3 Å². The van der Waals surface area contributed by atoms with Crippen molar-refractivity contribution < 1.29 is 14.7 Å². The van der Waals surface area contributed by atoms with E-state index in [2.05, 4.69) is 30.6 Å². The number of rotatable bonds is 7. The molecule has 104 valence electrons. The minimum atomic E-state index is -1.08. The Morgan fingerprint density at radius 2 is 1.79 bits per heavy atom. The molecule has 2 N–H and O–H groups in total. The van der Waals surface area contributed by atoms with Crippen LogP contribution in [0.2, 0.25) is 0 Å². The largest absolute Gasteiger partial charge is 0.480 e. The molecule has 1 unspecified atom stereocenters. The fraction of sp³-hybridized carbons (Fsp3) is 0.385. The third-order valence-electron chi connectivity index (χ3n) is 2.71. The maximum atomic E-state index is 12.0. The van der Waals surface area contributed by atoms with E-state index < -0.39 is 12.0 Å². The number of carbonyl (C=O) groups excluding carboxylic acids is 1. The highest BCUT2D eigenvalue weighted by Gasteiger charge is 2.23. The molecule has 1 aromatic rings. The molecule has 0 aliphatic rings. The van der Waals surface area contributed by atoms with Crippen molar-refractivity contribution in [2.45, 2.75) is 12.5 Å². The highest BCUT2D eigenvalue weighted by molar-refractivity contribution is 7.80. The van der Waals surface area contributed by atoms with E-state index in [0.29, 0.717) is 12.2 Å². The van der Waals surface area contributed by atoms with E-state index in [0.717, 1.165) is 5.56 Å². The molecule has 1 aromatic carbocycles. The van der Waals surface area contributed by atoms with Gasteiger partial charge in [-0.1, -0.05) is 30.3 Å². The number of benzene rings is 1. The lowest BCUT2D eigenvalue weighted by molar-refractivity contribution is -0.141. The van der Waals surface area contributed by atoms with E-state index in [-0.39, 0.29) is 17.6 Å². The second-order valence-corrected chi connectivity index (χ2v) is 4.88. The summed E-state index contributed by atoms with van der Waals surface area (Å²) in [6.45, 7) is 0. The van der Waals surface area contributed by atoms with Crippen LogP contribution in [-0.4, -0.2) is 34.5 Å². The molecule has 1 amide bonds. The number of hydrogen-bond acceptors (Lipinski definition) is 4. The SMILES string of the molecule is O=C(N[C@@H](CS)C(=O)O)C(CS)Cc1ccccc1. The van der Waals surface area contributed by atoms with Crippen molar-refractivity contribution in [3.63, 3.8) is 0 Å². The molecule has 0 aromatic heterocycles. The predicted molar refractivity (Wildman–Crippen MR) is 80.9 cm³/mol. The number of aliphatic carboxylic acids is 1. The van der Waals surface area contributed by atoms with Gasteiger partial charge in [0.05, 0.1) is 5.92 Å². The quantitative estimate of drug-likeness (QED) is 0.573. The van der Waals surface area contributed by atoms with E-state index in [1.165, 1.54) is 0 Å². The summed E-state index contributed by atoms with van der Waals surface area (Å²) in [5.74, 6) is -1.32. The first-order valence-electron chi connectivity index (χ1n) is 5.87. The molecule has 0 saturated carbocycles. The van der Waals surface area contributed by atoms with Crippen LogP contribution >= 0.6 is 25.3 Å². The molecule has 19 heavy (non-hydrogen) atoms. The molecule has 0 spiro atoms. The zero-order valence-corrected chi connectivity index (χ0v) is 12.1. The smallest absolute Gasteiger partial charge is 0.327 e. The van der Waals surface area contributed by atoms with Gasteiger partial charge in [0.15, 0.2) is 0 Å². The van der Waals surface area contributed by atoms with E-state index in [1.54, 1.807) is 0 Å². The average Bonchev–Trinajstić information content (AvgIpc) is 2.42. The van der Waals surface area contributed by atoms with Crippen LogP contribution in [0.4, 0.5) is 0 Å². The molecule has 1 rings (SSSR count). The Morgan fingerprint density at radius 1 is 1.16 bits per heavy atom. The maximum Gasteiger partial charge on any atom is 0.327 e. The molecule has 4 nitrogen and oxygen atoms in total. The number of amides is 1. The van der Waals surface area contributed by atoms with Crippen molar-refractivity contribution in [3.8, 4) is 0 Å². The number of nitrogens with one attached hydrogen (secondary N) is 1. The number of carboxylic acids is 1. The first-order valence-corrected chi connectivity index (χ1v) is 7.13. The molecule has 0 bridgehead atoms. The molecule has 0 fully saturated rings. The van der Waals surface area contributed by atoms with Crippen LogP contribution in [0, 0.1) is 5.92 Å². The van der Waals surface area contributed by atoms with Gasteiger partial charge in [-0.3, -0.25) is 4.79 Å². The van der Waals surface area contributed by atoms with Gasteiger partial charge in [-0.15, -0.1) is 0 Å². The van der Waals surface area contributed by atoms with Crippen LogP contribution in [0.1, 0.15) is 5.56 Å². The van der Waals surface area contributed by atoms with Crippen molar-refractivity contribution in [2.24, 2.45) is 5.92 Å². The zero-order valence-electron chi connectivity index (χ0n) is 10.3. The Hall–Kier alpha value is -1.14. The summed E-state index contributed by atoms with van der Waals surface area (Å²) < 4.78 is 0. The van der Waals surface area contributed by atoms with Gasteiger partial charge in [-0.05, 0) is 12.0 Å². The third kappa shape index (κ3) is 5.16. The summed E-state index contributed by atoms with van der Waals surface area (Å²) in [5.41, 5.74) is 1.02.